The summed E-state index contributed by atoms with van der Waals surface area (Å²) in [7, 11) is 0. The lowest BCUT2D eigenvalue weighted by Crippen LogP contribution is -2.13. The van der Waals surface area contributed by atoms with E-state index in [4.69, 9.17) is 4.42 Å². The van der Waals surface area contributed by atoms with Crippen LogP contribution in [0.15, 0.2) is 27.4 Å². The molecular formula is C16H23NO3. The molecule has 1 unspecified atom stereocenters. The second-order valence-corrected chi connectivity index (χ2v) is 5.73. The maximum atomic E-state index is 11.8. The van der Waals surface area contributed by atoms with Crippen molar-refractivity contribution >= 4 is 11.1 Å². The van der Waals surface area contributed by atoms with Crippen LogP contribution in [0.4, 0.5) is 0 Å². The molecule has 1 N–H and O–H groups in total. The van der Waals surface area contributed by atoms with Crippen LogP contribution in [-0.4, -0.2) is 9.67 Å². The topological polar surface area (TPSA) is 55.4 Å². The minimum Gasteiger partial charge on any atom is -0.408 e. The predicted octanol–water partition coefficient (Wildman–Crippen LogP) is 3.47. The highest BCUT2D eigenvalue weighted by Gasteiger charge is 2.13. The SMILES string of the molecule is CCCn1c(=O)oc2cc(C(O)CCC(C)C)ccc21. The Hall–Kier alpha value is -1.55. The quantitative estimate of drug-likeness (QED) is 0.879. The average Bonchev–Trinajstić information content (AvgIpc) is 2.72. The van der Waals surface area contributed by atoms with Crippen molar-refractivity contribution in [1.82, 2.24) is 4.57 Å². The number of rotatable bonds is 6. The number of nitrogens with zero attached hydrogens (tertiary/aromatic N) is 1. The molecule has 4 heteroatoms. The smallest absolute Gasteiger partial charge is 0.408 e. The summed E-state index contributed by atoms with van der Waals surface area (Å²) >= 11 is 0. The van der Waals surface area contributed by atoms with Gasteiger partial charge in [-0.1, -0.05) is 26.8 Å². The number of oxazole rings is 1. The molecule has 2 rings (SSSR count). The molecule has 0 bridgehead atoms. The van der Waals surface area contributed by atoms with E-state index in [1.54, 1.807) is 10.6 Å². The van der Waals surface area contributed by atoms with Crippen molar-refractivity contribution in [3.63, 3.8) is 0 Å². The molecule has 1 aromatic heterocycles. The zero-order chi connectivity index (χ0) is 14.7. The number of aromatic nitrogens is 1. The Morgan fingerprint density at radius 2 is 2.05 bits per heavy atom. The lowest BCUT2D eigenvalue weighted by molar-refractivity contribution is 0.159. The van der Waals surface area contributed by atoms with E-state index in [0.717, 1.165) is 30.3 Å². The van der Waals surface area contributed by atoms with Gasteiger partial charge in [-0.15, -0.1) is 0 Å². The first kappa shape index (κ1) is 14.9. The van der Waals surface area contributed by atoms with E-state index in [9.17, 15) is 9.90 Å². The number of aliphatic hydroxyl groups is 1. The van der Waals surface area contributed by atoms with Crippen LogP contribution in [0.3, 0.4) is 0 Å². The summed E-state index contributed by atoms with van der Waals surface area (Å²) in [5.41, 5.74) is 2.18. The molecule has 0 fully saturated rings. The summed E-state index contributed by atoms with van der Waals surface area (Å²) in [4.78, 5) is 11.8. The first-order valence-electron chi connectivity index (χ1n) is 7.34. The predicted molar refractivity (Wildman–Crippen MR) is 79.8 cm³/mol. The van der Waals surface area contributed by atoms with E-state index >= 15 is 0 Å². The summed E-state index contributed by atoms with van der Waals surface area (Å²) in [6.45, 7) is 6.95. The fourth-order valence-corrected chi connectivity index (χ4v) is 2.38. The van der Waals surface area contributed by atoms with Gasteiger partial charge in [0.25, 0.3) is 0 Å². The zero-order valence-corrected chi connectivity index (χ0v) is 12.4. The van der Waals surface area contributed by atoms with Gasteiger partial charge in [0.2, 0.25) is 0 Å². The van der Waals surface area contributed by atoms with E-state index in [1.807, 2.05) is 19.1 Å². The van der Waals surface area contributed by atoms with Gasteiger partial charge in [-0.3, -0.25) is 4.57 Å². The third-order valence-electron chi connectivity index (χ3n) is 3.54. The minimum absolute atomic E-state index is 0.323. The van der Waals surface area contributed by atoms with Crippen molar-refractivity contribution in [3.8, 4) is 0 Å². The van der Waals surface area contributed by atoms with Crippen LogP contribution in [0.5, 0.6) is 0 Å². The Labute approximate surface area is 119 Å². The van der Waals surface area contributed by atoms with E-state index in [-0.39, 0.29) is 5.76 Å². The normalized spacial score (nSPS) is 13.2. The second kappa shape index (κ2) is 6.27. The maximum absolute atomic E-state index is 11.8. The molecule has 0 saturated carbocycles. The van der Waals surface area contributed by atoms with Crippen LogP contribution in [0.25, 0.3) is 11.1 Å². The molecule has 4 nitrogen and oxygen atoms in total. The molecule has 0 amide bonds. The first-order chi connectivity index (χ1) is 9.52. The molecule has 0 aliphatic rings. The zero-order valence-electron chi connectivity index (χ0n) is 12.4. The summed E-state index contributed by atoms with van der Waals surface area (Å²) in [5.74, 6) is 0.243. The highest BCUT2D eigenvalue weighted by atomic mass is 16.4. The van der Waals surface area contributed by atoms with Gasteiger partial charge in [0.15, 0.2) is 5.58 Å². The Morgan fingerprint density at radius 1 is 1.30 bits per heavy atom. The largest absolute Gasteiger partial charge is 0.419 e. The van der Waals surface area contributed by atoms with E-state index in [1.165, 1.54) is 0 Å². The van der Waals surface area contributed by atoms with Crippen molar-refractivity contribution in [2.75, 3.05) is 0 Å². The van der Waals surface area contributed by atoms with E-state index < -0.39 is 6.10 Å². The molecule has 0 spiro atoms. The standard InChI is InChI=1S/C16H23NO3/c1-4-9-17-13-7-6-12(10-15(13)20-16(17)19)14(18)8-5-11(2)3/h6-7,10-11,14,18H,4-5,8-9H2,1-3H3. The minimum atomic E-state index is -0.498. The number of hydrogen-bond donors (Lipinski definition) is 1. The summed E-state index contributed by atoms with van der Waals surface area (Å²) in [6, 6.07) is 5.53. The molecule has 0 aliphatic heterocycles. The highest BCUT2D eigenvalue weighted by Crippen LogP contribution is 2.24. The monoisotopic (exact) mass is 277 g/mol. The molecule has 1 aromatic carbocycles. The van der Waals surface area contributed by atoms with Gasteiger partial charge in [0, 0.05) is 6.54 Å². The molecule has 1 heterocycles. The number of aryl methyl sites for hydroxylation is 1. The lowest BCUT2D eigenvalue weighted by Gasteiger charge is -2.12. The van der Waals surface area contributed by atoms with Gasteiger partial charge >= 0.3 is 5.76 Å². The number of fused-ring (bicyclic) bond motifs is 1. The Kier molecular flexibility index (Phi) is 4.65. The highest BCUT2D eigenvalue weighted by molar-refractivity contribution is 5.73. The molecule has 1 atom stereocenters. The van der Waals surface area contributed by atoms with Crippen LogP contribution in [0.2, 0.25) is 0 Å². The van der Waals surface area contributed by atoms with Crippen molar-refractivity contribution in [1.29, 1.82) is 0 Å². The maximum Gasteiger partial charge on any atom is 0.419 e. The first-order valence-corrected chi connectivity index (χ1v) is 7.34. The van der Waals surface area contributed by atoms with Crippen LogP contribution in [0.1, 0.15) is 51.7 Å². The van der Waals surface area contributed by atoms with Gasteiger partial charge < -0.3 is 9.52 Å². The van der Waals surface area contributed by atoms with Crippen molar-refractivity contribution < 1.29 is 9.52 Å². The molecule has 2 aromatic rings. The van der Waals surface area contributed by atoms with Crippen molar-refractivity contribution in [2.24, 2.45) is 5.92 Å². The second-order valence-electron chi connectivity index (χ2n) is 5.73. The number of aliphatic hydroxyl groups excluding tert-OH is 1. The molecule has 0 aliphatic carbocycles. The molecule has 0 saturated heterocycles. The fourth-order valence-electron chi connectivity index (χ4n) is 2.38. The summed E-state index contributed by atoms with van der Waals surface area (Å²) < 4.78 is 6.90. The number of benzene rings is 1. The Morgan fingerprint density at radius 3 is 2.70 bits per heavy atom. The van der Waals surface area contributed by atoms with Crippen molar-refractivity contribution in [2.45, 2.75) is 52.7 Å². The average molecular weight is 277 g/mol. The fraction of sp³-hybridized carbons (Fsp3) is 0.562. The van der Waals surface area contributed by atoms with Gasteiger partial charge in [-0.2, -0.15) is 0 Å². The van der Waals surface area contributed by atoms with Crippen LogP contribution >= 0.6 is 0 Å². The summed E-state index contributed by atoms with van der Waals surface area (Å²) in [5, 5.41) is 10.2. The van der Waals surface area contributed by atoms with E-state index in [2.05, 4.69) is 13.8 Å². The Balaban J connectivity index is 2.28. The van der Waals surface area contributed by atoms with E-state index in [0.29, 0.717) is 18.0 Å². The summed E-state index contributed by atoms with van der Waals surface area (Å²) in [6.07, 6.45) is 2.08. The number of hydrogen-bond acceptors (Lipinski definition) is 3. The van der Waals surface area contributed by atoms with Gasteiger partial charge in [0.05, 0.1) is 11.6 Å². The van der Waals surface area contributed by atoms with Gasteiger partial charge in [-0.25, -0.2) is 4.79 Å². The van der Waals surface area contributed by atoms with Crippen molar-refractivity contribution in [3.05, 3.63) is 34.3 Å². The van der Waals surface area contributed by atoms with Crippen LogP contribution in [0, 0.1) is 5.92 Å². The molecule has 0 radical (unpaired) electrons. The van der Waals surface area contributed by atoms with Gasteiger partial charge in [0.1, 0.15) is 0 Å². The van der Waals surface area contributed by atoms with Gasteiger partial charge in [-0.05, 0) is 42.9 Å². The molecule has 20 heavy (non-hydrogen) atoms. The third-order valence-corrected chi connectivity index (χ3v) is 3.54. The third kappa shape index (κ3) is 3.12. The van der Waals surface area contributed by atoms with Crippen LogP contribution < -0.4 is 5.76 Å². The Bertz CT molecular complexity index is 624. The lowest BCUT2D eigenvalue weighted by atomic mass is 10.00. The molecular weight excluding hydrogens is 254 g/mol. The molecule has 110 valence electrons. The van der Waals surface area contributed by atoms with Crippen LogP contribution in [-0.2, 0) is 6.54 Å².